The molecule has 0 bridgehead atoms. The number of nitrogens with zero attached hydrogens (tertiary/aromatic N) is 1. The zero-order valence-electron chi connectivity index (χ0n) is 9.35. The molecule has 0 aliphatic carbocycles. The summed E-state index contributed by atoms with van der Waals surface area (Å²) in [5, 5.41) is 0. The van der Waals surface area contributed by atoms with Gasteiger partial charge in [-0.25, -0.2) is 18.6 Å². The van der Waals surface area contributed by atoms with Crippen molar-refractivity contribution in [2.45, 2.75) is 13.3 Å². The highest BCUT2D eigenvalue weighted by Crippen LogP contribution is 2.28. The molecule has 0 amide bonds. The lowest BCUT2D eigenvalue weighted by molar-refractivity contribution is 0.0476. The first kappa shape index (κ1) is 12.3. The van der Waals surface area contributed by atoms with E-state index in [-0.39, 0.29) is 18.3 Å². The van der Waals surface area contributed by atoms with Crippen LogP contribution in [0.3, 0.4) is 0 Å². The van der Waals surface area contributed by atoms with Gasteiger partial charge >= 0.3 is 5.97 Å². The fourth-order valence-electron chi connectivity index (χ4n) is 1.33. The van der Waals surface area contributed by atoms with Gasteiger partial charge in [0.1, 0.15) is 0 Å². The van der Waals surface area contributed by atoms with Gasteiger partial charge in [0.25, 0.3) is 12.3 Å². The standard InChI is InChI=1S/C11H9F2NO4/c1-2-16-11(15)8-7(9(12)13)14-10(18-8)6-4-3-5-17-6/h3-5,9H,2H2,1H3. The summed E-state index contributed by atoms with van der Waals surface area (Å²) in [6.45, 7) is 1.61. The van der Waals surface area contributed by atoms with Crippen molar-refractivity contribution in [2.75, 3.05) is 6.61 Å². The van der Waals surface area contributed by atoms with Gasteiger partial charge in [0.05, 0.1) is 12.9 Å². The van der Waals surface area contributed by atoms with Crippen LogP contribution in [0, 0.1) is 0 Å². The molecule has 0 aliphatic rings. The summed E-state index contributed by atoms with van der Waals surface area (Å²) in [6.07, 6.45) is -1.59. The minimum Gasteiger partial charge on any atom is -0.460 e. The fraction of sp³-hybridized carbons (Fsp3) is 0.273. The van der Waals surface area contributed by atoms with E-state index in [1.54, 1.807) is 13.0 Å². The van der Waals surface area contributed by atoms with Crippen LogP contribution in [0.2, 0.25) is 0 Å². The number of hydrogen-bond donors (Lipinski definition) is 0. The molecule has 7 heteroatoms. The van der Waals surface area contributed by atoms with Crippen LogP contribution < -0.4 is 0 Å². The van der Waals surface area contributed by atoms with Crippen molar-refractivity contribution in [3.05, 3.63) is 29.9 Å². The molecule has 2 heterocycles. The van der Waals surface area contributed by atoms with E-state index < -0.39 is 23.8 Å². The molecular weight excluding hydrogens is 248 g/mol. The molecular formula is C11H9F2NO4. The van der Waals surface area contributed by atoms with Gasteiger partial charge in [0, 0.05) is 0 Å². The number of oxazole rings is 1. The Balaban J connectivity index is 2.42. The van der Waals surface area contributed by atoms with Crippen LogP contribution >= 0.6 is 0 Å². The van der Waals surface area contributed by atoms with Crippen LogP contribution in [-0.4, -0.2) is 17.6 Å². The number of ether oxygens (including phenoxy) is 1. The maximum Gasteiger partial charge on any atom is 0.376 e. The summed E-state index contributed by atoms with van der Waals surface area (Å²) in [7, 11) is 0. The molecule has 18 heavy (non-hydrogen) atoms. The van der Waals surface area contributed by atoms with Crippen LogP contribution in [0.25, 0.3) is 11.7 Å². The van der Waals surface area contributed by atoms with Crippen molar-refractivity contribution in [2.24, 2.45) is 0 Å². The molecule has 0 aromatic carbocycles. The second kappa shape index (κ2) is 4.99. The Morgan fingerprint density at radius 2 is 2.33 bits per heavy atom. The molecule has 0 aliphatic heterocycles. The number of hydrogen-bond acceptors (Lipinski definition) is 5. The van der Waals surface area contributed by atoms with Crippen LogP contribution in [-0.2, 0) is 4.74 Å². The van der Waals surface area contributed by atoms with Crippen molar-refractivity contribution in [1.29, 1.82) is 0 Å². The molecule has 0 N–H and O–H groups in total. The van der Waals surface area contributed by atoms with E-state index in [1.807, 2.05) is 0 Å². The third kappa shape index (κ3) is 2.24. The van der Waals surface area contributed by atoms with Crippen molar-refractivity contribution in [1.82, 2.24) is 4.98 Å². The molecule has 96 valence electrons. The van der Waals surface area contributed by atoms with Gasteiger partial charge in [-0.2, -0.15) is 0 Å². The quantitative estimate of drug-likeness (QED) is 0.787. The fourth-order valence-corrected chi connectivity index (χ4v) is 1.33. The monoisotopic (exact) mass is 257 g/mol. The largest absolute Gasteiger partial charge is 0.460 e. The molecule has 0 unspecified atom stereocenters. The smallest absolute Gasteiger partial charge is 0.376 e. The minimum atomic E-state index is -2.93. The Morgan fingerprint density at radius 3 is 2.89 bits per heavy atom. The normalized spacial score (nSPS) is 10.9. The number of halogens is 2. The van der Waals surface area contributed by atoms with Crippen LogP contribution in [0.4, 0.5) is 8.78 Å². The van der Waals surface area contributed by atoms with E-state index in [4.69, 9.17) is 8.83 Å². The van der Waals surface area contributed by atoms with Crippen molar-refractivity contribution in [3.8, 4) is 11.7 Å². The Kier molecular flexibility index (Phi) is 3.40. The topological polar surface area (TPSA) is 65.5 Å². The SMILES string of the molecule is CCOC(=O)c1oc(-c2ccco2)nc1C(F)F. The summed E-state index contributed by atoms with van der Waals surface area (Å²) in [4.78, 5) is 15.0. The lowest BCUT2D eigenvalue weighted by Crippen LogP contribution is -2.06. The van der Waals surface area contributed by atoms with E-state index in [2.05, 4.69) is 9.72 Å². The Morgan fingerprint density at radius 1 is 1.56 bits per heavy atom. The van der Waals surface area contributed by atoms with Crippen molar-refractivity contribution >= 4 is 5.97 Å². The zero-order valence-corrected chi connectivity index (χ0v) is 9.35. The number of aromatic nitrogens is 1. The number of carbonyl (C=O) groups excluding carboxylic acids is 1. The highest BCUT2D eigenvalue weighted by atomic mass is 19.3. The maximum absolute atomic E-state index is 12.7. The van der Waals surface area contributed by atoms with Gasteiger partial charge in [-0.15, -0.1) is 0 Å². The van der Waals surface area contributed by atoms with Gasteiger partial charge in [-0.05, 0) is 19.1 Å². The highest BCUT2D eigenvalue weighted by Gasteiger charge is 2.28. The molecule has 0 atom stereocenters. The van der Waals surface area contributed by atoms with Crippen molar-refractivity contribution < 1.29 is 27.1 Å². The third-order valence-corrected chi connectivity index (χ3v) is 2.05. The predicted octanol–water partition coefficient (Wildman–Crippen LogP) is 3.05. The Bertz CT molecular complexity index is 533. The average Bonchev–Trinajstić information content (AvgIpc) is 2.98. The second-order valence-corrected chi connectivity index (χ2v) is 3.23. The molecule has 0 radical (unpaired) electrons. The predicted molar refractivity (Wildman–Crippen MR) is 55.1 cm³/mol. The first-order valence-electron chi connectivity index (χ1n) is 5.13. The summed E-state index contributed by atoms with van der Waals surface area (Å²) in [6, 6.07) is 3.03. The highest BCUT2D eigenvalue weighted by molar-refractivity contribution is 5.88. The molecule has 5 nitrogen and oxygen atoms in total. The van der Waals surface area contributed by atoms with E-state index in [0.717, 1.165) is 0 Å². The second-order valence-electron chi connectivity index (χ2n) is 3.23. The van der Waals surface area contributed by atoms with Gasteiger partial charge in [0.2, 0.25) is 5.76 Å². The Hall–Kier alpha value is -2.18. The van der Waals surface area contributed by atoms with Gasteiger partial charge in [-0.1, -0.05) is 0 Å². The van der Waals surface area contributed by atoms with Crippen LogP contribution in [0.5, 0.6) is 0 Å². The summed E-state index contributed by atoms with van der Waals surface area (Å²) >= 11 is 0. The molecule has 2 rings (SSSR count). The third-order valence-electron chi connectivity index (χ3n) is 2.05. The van der Waals surface area contributed by atoms with E-state index >= 15 is 0 Å². The molecule has 2 aromatic rings. The van der Waals surface area contributed by atoms with E-state index in [9.17, 15) is 13.6 Å². The number of alkyl halides is 2. The maximum atomic E-state index is 12.7. The lowest BCUT2D eigenvalue weighted by atomic mass is 10.3. The first-order valence-corrected chi connectivity index (χ1v) is 5.13. The van der Waals surface area contributed by atoms with Gasteiger partial charge in [-0.3, -0.25) is 0 Å². The molecule has 0 fully saturated rings. The summed E-state index contributed by atoms with van der Waals surface area (Å²) in [5.41, 5.74) is -0.750. The van der Waals surface area contributed by atoms with Crippen molar-refractivity contribution in [3.63, 3.8) is 0 Å². The summed E-state index contributed by atoms with van der Waals surface area (Å²) in [5.74, 6) is -1.60. The number of esters is 1. The number of furan rings is 1. The molecule has 0 saturated carbocycles. The molecule has 0 spiro atoms. The van der Waals surface area contributed by atoms with Crippen LogP contribution in [0.1, 0.15) is 29.6 Å². The Labute approximate surface area is 100 Å². The lowest BCUT2D eigenvalue weighted by Gasteiger charge is -1.99. The van der Waals surface area contributed by atoms with Gasteiger partial charge < -0.3 is 13.6 Å². The average molecular weight is 257 g/mol. The van der Waals surface area contributed by atoms with Crippen LogP contribution in [0.15, 0.2) is 27.2 Å². The van der Waals surface area contributed by atoms with Gasteiger partial charge in [0.15, 0.2) is 11.5 Å². The number of carbonyl (C=O) groups is 1. The first-order chi connectivity index (χ1) is 8.63. The zero-order chi connectivity index (χ0) is 13.1. The van der Waals surface area contributed by atoms with E-state index in [0.29, 0.717) is 0 Å². The number of rotatable bonds is 4. The van der Waals surface area contributed by atoms with E-state index in [1.165, 1.54) is 12.3 Å². The summed E-state index contributed by atoms with van der Waals surface area (Å²) < 4.78 is 40.0. The molecule has 0 saturated heterocycles. The minimum absolute atomic E-state index is 0.0539. The molecule has 2 aromatic heterocycles.